The monoisotopic (exact) mass is 291 g/mol. The van der Waals surface area contributed by atoms with Gasteiger partial charge in [-0.1, -0.05) is 18.2 Å². The summed E-state index contributed by atoms with van der Waals surface area (Å²) in [5.41, 5.74) is 0.436. The van der Waals surface area contributed by atoms with Crippen LogP contribution in [0.5, 0.6) is 5.75 Å². The first-order valence-electron chi connectivity index (χ1n) is 6.45. The maximum Gasteiger partial charge on any atom is 0.270 e. The lowest BCUT2D eigenvalue weighted by Crippen LogP contribution is -2.28. The zero-order chi connectivity index (χ0) is 14.2. The Morgan fingerprint density at radius 2 is 2.15 bits per heavy atom. The summed E-state index contributed by atoms with van der Waals surface area (Å²) >= 11 is 1.42. The minimum absolute atomic E-state index is 0.179. The van der Waals surface area contributed by atoms with Gasteiger partial charge in [0.2, 0.25) is 0 Å². The Morgan fingerprint density at radius 3 is 2.90 bits per heavy atom. The number of nitrogens with one attached hydrogen (secondary N) is 2. The summed E-state index contributed by atoms with van der Waals surface area (Å²) in [4.78, 5) is 16.0. The van der Waals surface area contributed by atoms with E-state index in [0.717, 1.165) is 17.4 Å². The van der Waals surface area contributed by atoms with Crippen molar-refractivity contribution in [3.8, 4) is 5.75 Å². The van der Waals surface area contributed by atoms with Crippen LogP contribution in [0, 0.1) is 0 Å². The van der Waals surface area contributed by atoms with Crippen molar-refractivity contribution in [3.05, 3.63) is 41.4 Å². The second kappa shape index (κ2) is 7.49. The summed E-state index contributed by atoms with van der Waals surface area (Å²) < 4.78 is 5.49. The van der Waals surface area contributed by atoms with E-state index < -0.39 is 0 Å². The average Bonchev–Trinajstić information content (AvgIpc) is 2.94. The number of hydrogen-bond donors (Lipinski definition) is 2. The molecule has 1 amide bonds. The number of aromatic nitrogens is 1. The van der Waals surface area contributed by atoms with E-state index in [4.69, 9.17) is 4.74 Å². The van der Waals surface area contributed by atoms with Crippen molar-refractivity contribution in [1.82, 2.24) is 10.3 Å². The van der Waals surface area contributed by atoms with Gasteiger partial charge in [-0.05, 0) is 19.1 Å². The summed E-state index contributed by atoms with van der Waals surface area (Å²) in [5, 5.41) is 8.36. The molecule has 20 heavy (non-hydrogen) atoms. The molecule has 0 aliphatic heterocycles. The number of amides is 1. The first kappa shape index (κ1) is 14.3. The highest BCUT2D eigenvalue weighted by atomic mass is 32.1. The summed E-state index contributed by atoms with van der Waals surface area (Å²) in [5.74, 6) is 0.618. The lowest BCUT2D eigenvalue weighted by Gasteiger charge is -2.06. The molecule has 0 aliphatic rings. The molecular formula is C14H17N3O2S. The predicted octanol–water partition coefficient (Wildman–Crippen LogP) is 2.38. The molecule has 0 bridgehead atoms. The molecule has 2 N–H and O–H groups in total. The second-order valence-electron chi connectivity index (χ2n) is 3.99. The van der Waals surface area contributed by atoms with E-state index >= 15 is 0 Å². The standard InChI is InChI=1S/C14H17N3O2S/c1-2-15-14-17-12(10-20-14)13(18)16-8-9-19-11-6-4-3-5-7-11/h3-7,10H,2,8-9H2,1H3,(H,15,17)(H,16,18). The fourth-order valence-electron chi connectivity index (χ4n) is 1.55. The molecule has 1 aromatic heterocycles. The molecule has 5 nitrogen and oxygen atoms in total. The number of nitrogens with zero attached hydrogens (tertiary/aromatic N) is 1. The van der Waals surface area contributed by atoms with E-state index in [1.165, 1.54) is 11.3 Å². The number of rotatable bonds is 7. The Hall–Kier alpha value is -2.08. The van der Waals surface area contributed by atoms with Crippen molar-refractivity contribution >= 4 is 22.4 Å². The van der Waals surface area contributed by atoms with E-state index in [-0.39, 0.29) is 5.91 Å². The van der Waals surface area contributed by atoms with Crippen LogP contribution in [0.15, 0.2) is 35.7 Å². The van der Waals surface area contributed by atoms with Crippen LogP contribution >= 0.6 is 11.3 Å². The van der Waals surface area contributed by atoms with Gasteiger partial charge in [0.05, 0.1) is 6.54 Å². The summed E-state index contributed by atoms with van der Waals surface area (Å²) in [6.45, 7) is 3.66. The van der Waals surface area contributed by atoms with Crippen LogP contribution in [0.25, 0.3) is 0 Å². The molecule has 106 valence electrons. The third kappa shape index (κ3) is 4.24. The molecule has 2 aromatic rings. The maximum absolute atomic E-state index is 11.8. The Bertz CT molecular complexity index is 542. The number of benzene rings is 1. The van der Waals surface area contributed by atoms with Crippen molar-refractivity contribution in [3.63, 3.8) is 0 Å². The summed E-state index contributed by atoms with van der Waals surface area (Å²) in [7, 11) is 0. The average molecular weight is 291 g/mol. The third-order valence-electron chi connectivity index (χ3n) is 2.46. The normalized spacial score (nSPS) is 10.1. The largest absolute Gasteiger partial charge is 0.492 e. The lowest BCUT2D eigenvalue weighted by molar-refractivity contribution is 0.0943. The van der Waals surface area contributed by atoms with Crippen molar-refractivity contribution in [2.45, 2.75) is 6.92 Å². The van der Waals surface area contributed by atoms with Crippen LogP contribution in [0.3, 0.4) is 0 Å². The number of hydrogen-bond acceptors (Lipinski definition) is 5. The van der Waals surface area contributed by atoms with Crippen LogP contribution in [0.1, 0.15) is 17.4 Å². The minimum Gasteiger partial charge on any atom is -0.492 e. The van der Waals surface area contributed by atoms with Gasteiger partial charge < -0.3 is 15.4 Å². The number of carbonyl (C=O) groups is 1. The SMILES string of the molecule is CCNc1nc(C(=O)NCCOc2ccccc2)cs1. The topological polar surface area (TPSA) is 63.2 Å². The van der Waals surface area contributed by atoms with Crippen LogP contribution in [0.2, 0.25) is 0 Å². The smallest absolute Gasteiger partial charge is 0.270 e. The van der Waals surface area contributed by atoms with Crippen LogP contribution < -0.4 is 15.4 Å². The van der Waals surface area contributed by atoms with E-state index in [9.17, 15) is 4.79 Å². The molecule has 2 rings (SSSR count). The fourth-order valence-corrected chi connectivity index (χ4v) is 2.31. The third-order valence-corrected chi connectivity index (χ3v) is 3.26. The molecule has 0 saturated carbocycles. The van der Waals surface area contributed by atoms with Gasteiger partial charge in [0, 0.05) is 11.9 Å². The molecule has 0 saturated heterocycles. The molecule has 1 heterocycles. The van der Waals surface area contributed by atoms with Crippen molar-refractivity contribution in [1.29, 1.82) is 0 Å². The van der Waals surface area contributed by atoms with Crippen LogP contribution in [-0.4, -0.2) is 30.6 Å². The Labute approximate surface area is 122 Å². The summed E-state index contributed by atoms with van der Waals surface area (Å²) in [6, 6.07) is 9.51. The van der Waals surface area contributed by atoms with Gasteiger partial charge in [-0.15, -0.1) is 11.3 Å². The molecule has 1 aromatic carbocycles. The van der Waals surface area contributed by atoms with Gasteiger partial charge in [-0.3, -0.25) is 4.79 Å². The molecule has 0 spiro atoms. The van der Waals surface area contributed by atoms with Gasteiger partial charge in [0.25, 0.3) is 5.91 Å². The zero-order valence-electron chi connectivity index (χ0n) is 11.3. The van der Waals surface area contributed by atoms with E-state index in [0.29, 0.717) is 18.8 Å². The molecule has 6 heteroatoms. The number of carbonyl (C=O) groups excluding carboxylic acids is 1. The maximum atomic E-state index is 11.8. The summed E-state index contributed by atoms with van der Waals surface area (Å²) in [6.07, 6.45) is 0. The number of thiazole rings is 1. The Kier molecular flexibility index (Phi) is 5.37. The molecule has 0 fully saturated rings. The van der Waals surface area contributed by atoms with Gasteiger partial charge in [-0.2, -0.15) is 0 Å². The fraction of sp³-hybridized carbons (Fsp3) is 0.286. The Balaban J connectivity index is 1.72. The highest BCUT2D eigenvalue weighted by Gasteiger charge is 2.09. The van der Waals surface area contributed by atoms with E-state index in [1.807, 2.05) is 37.3 Å². The van der Waals surface area contributed by atoms with Gasteiger partial charge in [0.15, 0.2) is 5.13 Å². The second-order valence-corrected chi connectivity index (χ2v) is 4.84. The number of ether oxygens (including phenoxy) is 1. The first-order chi connectivity index (χ1) is 9.79. The molecular weight excluding hydrogens is 274 g/mol. The molecule has 0 unspecified atom stereocenters. The van der Waals surface area contributed by atoms with Gasteiger partial charge >= 0.3 is 0 Å². The molecule has 0 radical (unpaired) electrons. The van der Waals surface area contributed by atoms with Crippen molar-refractivity contribution < 1.29 is 9.53 Å². The molecule has 0 aliphatic carbocycles. The Morgan fingerprint density at radius 1 is 1.35 bits per heavy atom. The minimum atomic E-state index is -0.179. The quantitative estimate of drug-likeness (QED) is 0.769. The van der Waals surface area contributed by atoms with Crippen LogP contribution in [0.4, 0.5) is 5.13 Å². The van der Waals surface area contributed by atoms with Gasteiger partial charge in [0.1, 0.15) is 18.1 Å². The first-order valence-corrected chi connectivity index (χ1v) is 7.33. The highest BCUT2D eigenvalue weighted by molar-refractivity contribution is 7.13. The lowest BCUT2D eigenvalue weighted by atomic mass is 10.3. The van der Waals surface area contributed by atoms with E-state index in [1.54, 1.807) is 5.38 Å². The number of para-hydroxylation sites is 1. The highest BCUT2D eigenvalue weighted by Crippen LogP contribution is 2.14. The van der Waals surface area contributed by atoms with Crippen molar-refractivity contribution in [2.24, 2.45) is 0 Å². The number of anilines is 1. The van der Waals surface area contributed by atoms with Gasteiger partial charge in [-0.25, -0.2) is 4.98 Å². The predicted molar refractivity (Wildman–Crippen MR) is 80.5 cm³/mol. The van der Waals surface area contributed by atoms with Crippen molar-refractivity contribution in [2.75, 3.05) is 25.0 Å². The molecule has 0 atom stereocenters. The van der Waals surface area contributed by atoms with Crippen LogP contribution in [-0.2, 0) is 0 Å². The zero-order valence-corrected chi connectivity index (χ0v) is 12.1. The van der Waals surface area contributed by atoms with E-state index in [2.05, 4.69) is 15.6 Å².